The number of aliphatic hydroxyl groups is 1. The molecule has 90 valence electrons. The first-order chi connectivity index (χ1) is 6.67. The monoisotopic (exact) mass is 232 g/mol. The third-order valence-electron chi connectivity index (χ3n) is 3.83. The van der Waals surface area contributed by atoms with E-state index in [1.54, 1.807) is 11.8 Å². The Morgan fingerprint density at radius 2 is 2.00 bits per heavy atom. The smallest absolute Gasteiger partial charge is 0.224 e. The minimum atomic E-state index is -0.999. The van der Waals surface area contributed by atoms with Gasteiger partial charge in [0, 0.05) is 4.75 Å². The summed E-state index contributed by atoms with van der Waals surface area (Å²) < 4.78 is 5.51. The second kappa shape index (κ2) is 3.94. The third-order valence-corrected chi connectivity index (χ3v) is 5.53. The Hall–Kier alpha value is 0.270. The second-order valence-corrected chi connectivity index (χ2v) is 7.52. The van der Waals surface area contributed by atoms with Crippen molar-refractivity contribution in [2.45, 2.75) is 57.8 Å². The summed E-state index contributed by atoms with van der Waals surface area (Å²) in [6.45, 7) is 13.5. The van der Waals surface area contributed by atoms with Crippen LogP contribution >= 0.6 is 11.8 Å². The maximum Gasteiger partial charge on any atom is 0.224 e. The zero-order valence-corrected chi connectivity index (χ0v) is 11.6. The second-order valence-electron chi connectivity index (χ2n) is 5.66. The fourth-order valence-corrected chi connectivity index (χ4v) is 3.09. The van der Waals surface area contributed by atoms with E-state index in [4.69, 9.17) is 4.74 Å². The van der Waals surface area contributed by atoms with Crippen molar-refractivity contribution in [2.75, 3.05) is 6.61 Å². The first kappa shape index (κ1) is 13.3. The molecule has 0 aromatic carbocycles. The van der Waals surface area contributed by atoms with E-state index in [-0.39, 0.29) is 10.2 Å². The first-order valence-electron chi connectivity index (χ1n) is 5.73. The zero-order valence-electron chi connectivity index (χ0n) is 10.8. The van der Waals surface area contributed by atoms with E-state index in [0.717, 1.165) is 6.42 Å². The van der Waals surface area contributed by atoms with Crippen molar-refractivity contribution >= 4 is 11.8 Å². The molecule has 0 amide bonds. The van der Waals surface area contributed by atoms with Crippen LogP contribution in [-0.4, -0.2) is 21.6 Å². The van der Waals surface area contributed by atoms with Crippen LogP contribution in [0.15, 0.2) is 0 Å². The van der Waals surface area contributed by atoms with Crippen molar-refractivity contribution in [3.05, 3.63) is 0 Å². The number of thioether (sulfide) groups is 1. The topological polar surface area (TPSA) is 29.5 Å². The summed E-state index contributed by atoms with van der Waals surface area (Å²) in [5, 5.41) is 9.51. The largest absolute Gasteiger partial charge is 0.357 e. The van der Waals surface area contributed by atoms with E-state index in [9.17, 15) is 5.11 Å². The van der Waals surface area contributed by atoms with E-state index >= 15 is 0 Å². The summed E-state index contributed by atoms with van der Waals surface area (Å²) in [7, 11) is 0. The molecule has 0 aliphatic carbocycles. The Bertz CT molecular complexity index is 240. The lowest BCUT2D eigenvalue weighted by atomic mass is 9.75. The molecule has 1 aliphatic heterocycles. The number of hydrogen-bond acceptors (Lipinski definition) is 3. The quantitative estimate of drug-likeness (QED) is 0.755. The minimum Gasteiger partial charge on any atom is -0.357 e. The number of hydrogen-bond donors (Lipinski definition) is 1. The molecule has 2 atom stereocenters. The highest BCUT2D eigenvalue weighted by Gasteiger charge is 2.60. The molecule has 1 saturated heterocycles. The highest BCUT2D eigenvalue weighted by Crippen LogP contribution is 2.57. The molecule has 0 aromatic rings. The SMILES string of the molecule is CCC(C)(C)SC1(O)OCC1(C)C(C)C. The maximum absolute atomic E-state index is 10.5. The zero-order chi connectivity index (χ0) is 11.9. The molecule has 1 aliphatic rings. The van der Waals surface area contributed by atoms with Crippen molar-refractivity contribution in [1.29, 1.82) is 0 Å². The summed E-state index contributed by atoms with van der Waals surface area (Å²) in [6.07, 6.45) is 1.03. The van der Waals surface area contributed by atoms with Gasteiger partial charge in [-0.1, -0.05) is 53.3 Å². The highest BCUT2D eigenvalue weighted by atomic mass is 32.2. The molecule has 3 heteroatoms. The van der Waals surface area contributed by atoms with Gasteiger partial charge < -0.3 is 9.84 Å². The van der Waals surface area contributed by atoms with Crippen LogP contribution in [-0.2, 0) is 4.74 Å². The molecular weight excluding hydrogens is 208 g/mol. The van der Waals surface area contributed by atoms with Crippen molar-refractivity contribution < 1.29 is 9.84 Å². The normalized spacial score (nSPS) is 36.8. The van der Waals surface area contributed by atoms with Crippen molar-refractivity contribution in [3.8, 4) is 0 Å². The average Bonchev–Trinajstić information content (AvgIpc) is 2.14. The molecule has 0 radical (unpaired) electrons. The Kier molecular flexibility index (Phi) is 3.50. The van der Waals surface area contributed by atoms with Gasteiger partial charge in [0.1, 0.15) is 0 Å². The Morgan fingerprint density at radius 3 is 2.27 bits per heavy atom. The Labute approximate surface area is 97.8 Å². The van der Waals surface area contributed by atoms with Gasteiger partial charge in [0.2, 0.25) is 5.12 Å². The molecule has 15 heavy (non-hydrogen) atoms. The lowest BCUT2D eigenvalue weighted by Crippen LogP contribution is -2.63. The van der Waals surface area contributed by atoms with Crippen LogP contribution in [0.5, 0.6) is 0 Å². The molecular formula is C12H24O2S. The van der Waals surface area contributed by atoms with E-state index in [1.165, 1.54) is 0 Å². The van der Waals surface area contributed by atoms with Gasteiger partial charge in [-0.15, -0.1) is 0 Å². The fourth-order valence-electron chi connectivity index (χ4n) is 1.55. The van der Waals surface area contributed by atoms with E-state index in [1.807, 2.05) is 0 Å². The van der Waals surface area contributed by atoms with Gasteiger partial charge in [0.05, 0.1) is 12.0 Å². The predicted molar refractivity (Wildman–Crippen MR) is 65.8 cm³/mol. The van der Waals surface area contributed by atoms with Gasteiger partial charge >= 0.3 is 0 Å². The lowest BCUT2D eigenvalue weighted by Gasteiger charge is -2.57. The van der Waals surface area contributed by atoms with Gasteiger partial charge in [-0.05, 0) is 12.3 Å². The van der Waals surface area contributed by atoms with Crippen LogP contribution in [0, 0.1) is 11.3 Å². The van der Waals surface area contributed by atoms with Crippen molar-refractivity contribution in [3.63, 3.8) is 0 Å². The van der Waals surface area contributed by atoms with Crippen molar-refractivity contribution in [1.82, 2.24) is 0 Å². The molecule has 1 rings (SSSR count). The molecule has 0 saturated carbocycles. The van der Waals surface area contributed by atoms with Gasteiger partial charge in [-0.2, -0.15) is 0 Å². The number of rotatable bonds is 4. The fraction of sp³-hybridized carbons (Fsp3) is 1.00. The van der Waals surface area contributed by atoms with Gasteiger partial charge in [-0.25, -0.2) is 0 Å². The van der Waals surface area contributed by atoms with Crippen LogP contribution in [0.3, 0.4) is 0 Å². The van der Waals surface area contributed by atoms with Gasteiger partial charge in [0.25, 0.3) is 0 Å². The molecule has 2 unspecified atom stereocenters. The standard InChI is InChI=1S/C12H24O2S/c1-7-10(4,5)15-12(13)11(6,8-14-12)9(2)3/h9,13H,7-8H2,1-6H3. The Balaban J connectivity index is 2.77. The van der Waals surface area contributed by atoms with Crippen molar-refractivity contribution in [2.24, 2.45) is 11.3 Å². The lowest BCUT2D eigenvalue weighted by molar-refractivity contribution is -0.324. The van der Waals surface area contributed by atoms with Gasteiger partial charge in [0.15, 0.2) is 0 Å². The molecule has 0 spiro atoms. The summed E-state index contributed by atoms with van der Waals surface area (Å²) in [5.74, 6) is 0.427. The first-order valence-corrected chi connectivity index (χ1v) is 6.55. The van der Waals surface area contributed by atoms with Crippen LogP contribution in [0.2, 0.25) is 0 Å². The van der Waals surface area contributed by atoms with E-state index < -0.39 is 5.12 Å². The minimum absolute atomic E-state index is 0.0608. The van der Waals surface area contributed by atoms with Crippen LogP contribution in [0.25, 0.3) is 0 Å². The molecule has 0 aromatic heterocycles. The third kappa shape index (κ3) is 2.20. The highest BCUT2D eigenvalue weighted by molar-refractivity contribution is 8.01. The predicted octanol–water partition coefficient (Wildman–Crippen LogP) is 3.25. The van der Waals surface area contributed by atoms with E-state index in [0.29, 0.717) is 12.5 Å². The Morgan fingerprint density at radius 1 is 1.47 bits per heavy atom. The molecule has 1 N–H and O–H groups in total. The summed E-state index contributed by atoms with van der Waals surface area (Å²) >= 11 is 1.56. The average molecular weight is 232 g/mol. The summed E-state index contributed by atoms with van der Waals surface area (Å²) in [4.78, 5) is 0. The van der Waals surface area contributed by atoms with Crippen LogP contribution < -0.4 is 0 Å². The van der Waals surface area contributed by atoms with E-state index in [2.05, 4.69) is 41.5 Å². The molecule has 1 heterocycles. The molecule has 1 fully saturated rings. The van der Waals surface area contributed by atoms with Crippen LogP contribution in [0.1, 0.15) is 48.0 Å². The van der Waals surface area contributed by atoms with Crippen LogP contribution in [0.4, 0.5) is 0 Å². The summed E-state index contributed by atoms with van der Waals surface area (Å²) in [6, 6.07) is 0. The molecule has 2 nitrogen and oxygen atoms in total. The molecule has 0 bridgehead atoms. The van der Waals surface area contributed by atoms with Gasteiger partial charge in [-0.3, -0.25) is 0 Å². The number of ether oxygens (including phenoxy) is 1. The summed E-state index contributed by atoms with van der Waals surface area (Å²) in [5.41, 5.74) is -0.121. The maximum atomic E-state index is 10.5.